The summed E-state index contributed by atoms with van der Waals surface area (Å²) >= 11 is 0. The monoisotopic (exact) mass is 291 g/mol. The fraction of sp³-hybridized carbons (Fsp3) is 0.500. The lowest BCUT2D eigenvalue weighted by Crippen LogP contribution is -2.45. The van der Waals surface area contributed by atoms with E-state index in [1.54, 1.807) is 6.92 Å². The summed E-state index contributed by atoms with van der Waals surface area (Å²) in [6, 6.07) is 9.51. The summed E-state index contributed by atoms with van der Waals surface area (Å²) in [4.78, 5) is 24.1. The molecule has 1 aromatic carbocycles. The van der Waals surface area contributed by atoms with Crippen molar-refractivity contribution in [2.24, 2.45) is 11.8 Å². The van der Waals surface area contributed by atoms with E-state index in [1.165, 1.54) is 0 Å². The highest BCUT2D eigenvalue weighted by atomic mass is 16.5. The molecule has 1 aliphatic heterocycles. The Morgan fingerprint density at radius 1 is 1.14 bits per heavy atom. The highest BCUT2D eigenvalue weighted by Crippen LogP contribution is 2.22. The minimum atomic E-state index is -0.457. The molecule has 0 bridgehead atoms. The Balaban J connectivity index is 1.93. The summed E-state index contributed by atoms with van der Waals surface area (Å²) in [5, 5.41) is 3.12. The van der Waals surface area contributed by atoms with Crippen molar-refractivity contribution in [1.29, 1.82) is 0 Å². The van der Waals surface area contributed by atoms with Gasteiger partial charge in [-0.05, 0) is 25.5 Å². The van der Waals surface area contributed by atoms with E-state index in [0.717, 1.165) is 5.56 Å². The van der Waals surface area contributed by atoms with Crippen LogP contribution in [0, 0.1) is 11.8 Å². The summed E-state index contributed by atoms with van der Waals surface area (Å²) in [6.07, 6.45) is 0.594. The van der Waals surface area contributed by atoms with Gasteiger partial charge in [0, 0.05) is 6.54 Å². The lowest BCUT2D eigenvalue weighted by Gasteiger charge is -2.28. The topological polar surface area (TPSA) is 64.6 Å². The lowest BCUT2D eigenvalue weighted by molar-refractivity contribution is -0.162. The average Bonchev–Trinajstić information content (AvgIpc) is 2.54. The standard InChI is InChI=1S/C16H21NO4/c1-2-20-16(19)14-10-17-9-8-13(14)15(18)21-11-12-6-4-3-5-7-12/h3-7,13-14,17H,2,8-11H2,1H3/t13-,14+/m1/s1. The van der Waals surface area contributed by atoms with Gasteiger partial charge in [0.1, 0.15) is 6.61 Å². The molecule has 1 saturated heterocycles. The first-order valence-corrected chi connectivity index (χ1v) is 7.30. The molecule has 114 valence electrons. The Morgan fingerprint density at radius 3 is 2.57 bits per heavy atom. The lowest BCUT2D eigenvalue weighted by atomic mass is 9.86. The Hall–Kier alpha value is -1.88. The van der Waals surface area contributed by atoms with Crippen molar-refractivity contribution in [3.05, 3.63) is 35.9 Å². The molecule has 5 heteroatoms. The molecule has 1 aliphatic rings. The molecular weight excluding hydrogens is 270 g/mol. The van der Waals surface area contributed by atoms with Gasteiger partial charge in [0.15, 0.2) is 0 Å². The number of esters is 2. The van der Waals surface area contributed by atoms with Crippen LogP contribution in [0.5, 0.6) is 0 Å². The second-order valence-electron chi connectivity index (χ2n) is 5.05. The molecule has 0 spiro atoms. The number of carbonyl (C=O) groups excluding carboxylic acids is 2. The molecule has 0 aromatic heterocycles. The third-order valence-electron chi connectivity index (χ3n) is 3.60. The van der Waals surface area contributed by atoms with Crippen molar-refractivity contribution < 1.29 is 19.1 Å². The van der Waals surface area contributed by atoms with Gasteiger partial charge >= 0.3 is 11.9 Å². The first-order valence-electron chi connectivity index (χ1n) is 7.30. The maximum absolute atomic E-state index is 12.2. The van der Waals surface area contributed by atoms with Crippen molar-refractivity contribution in [3.8, 4) is 0 Å². The highest BCUT2D eigenvalue weighted by molar-refractivity contribution is 5.82. The number of ether oxygens (including phenoxy) is 2. The molecule has 1 fully saturated rings. The Morgan fingerprint density at radius 2 is 1.86 bits per heavy atom. The van der Waals surface area contributed by atoms with E-state index < -0.39 is 11.8 Å². The fourth-order valence-corrected chi connectivity index (χ4v) is 2.47. The van der Waals surface area contributed by atoms with E-state index in [-0.39, 0.29) is 18.5 Å². The average molecular weight is 291 g/mol. The molecule has 2 rings (SSSR count). The van der Waals surface area contributed by atoms with Gasteiger partial charge in [-0.1, -0.05) is 30.3 Å². The number of rotatable bonds is 5. The van der Waals surface area contributed by atoms with E-state index in [0.29, 0.717) is 26.1 Å². The first kappa shape index (κ1) is 15.5. The molecule has 21 heavy (non-hydrogen) atoms. The second-order valence-corrected chi connectivity index (χ2v) is 5.05. The molecule has 5 nitrogen and oxygen atoms in total. The minimum Gasteiger partial charge on any atom is -0.466 e. The molecule has 1 heterocycles. The molecule has 0 aliphatic carbocycles. The molecule has 2 atom stereocenters. The van der Waals surface area contributed by atoms with Crippen LogP contribution in [0.2, 0.25) is 0 Å². The van der Waals surface area contributed by atoms with Crippen molar-refractivity contribution in [1.82, 2.24) is 5.32 Å². The largest absolute Gasteiger partial charge is 0.466 e. The Kier molecular flexibility index (Phi) is 5.75. The molecule has 1 N–H and O–H groups in total. The normalized spacial score (nSPS) is 21.6. The predicted octanol–water partition coefficient (Wildman–Crippen LogP) is 1.52. The van der Waals surface area contributed by atoms with Gasteiger partial charge in [-0.3, -0.25) is 9.59 Å². The molecule has 0 radical (unpaired) electrons. The van der Waals surface area contributed by atoms with E-state index in [1.807, 2.05) is 30.3 Å². The number of nitrogens with one attached hydrogen (secondary N) is 1. The maximum atomic E-state index is 12.2. The summed E-state index contributed by atoms with van der Waals surface area (Å²) in [6.45, 7) is 3.49. The van der Waals surface area contributed by atoms with Gasteiger partial charge in [0.05, 0.1) is 18.4 Å². The third-order valence-corrected chi connectivity index (χ3v) is 3.60. The summed E-state index contributed by atoms with van der Waals surface area (Å²) in [5.41, 5.74) is 0.937. The SMILES string of the molecule is CCOC(=O)[C@H]1CNCC[C@H]1C(=O)OCc1ccccc1. The molecular formula is C16H21NO4. The maximum Gasteiger partial charge on any atom is 0.311 e. The van der Waals surface area contributed by atoms with Crippen molar-refractivity contribution in [3.63, 3.8) is 0 Å². The van der Waals surface area contributed by atoms with Gasteiger partial charge in [0.25, 0.3) is 0 Å². The third kappa shape index (κ3) is 4.29. The molecule has 0 unspecified atom stereocenters. The summed E-state index contributed by atoms with van der Waals surface area (Å²) < 4.78 is 10.4. The molecule has 0 amide bonds. The van der Waals surface area contributed by atoms with Crippen LogP contribution < -0.4 is 5.32 Å². The molecule has 0 saturated carbocycles. The van der Waals surface area contributed by atoms with Crippen LogP contribution >= 0.6 is 0 Å². The van der Waals surface area contributed by atoms with Crippen LogP contribution in [0.1, 0.15) is 18.9 Å². The van der Waals surface area contributed by atoms with Gasteiger partial charge < -0.3 is 14.8 Å². The second kappa shape index (κ2) is 7.78. The van der Waals surface area contributed by atoms with Crippen LogP contribution in [-0.2, 0) is 25.7 Å². The van der Waals surface area contributed by atoms with E-state index in [4.69, 9.17) is 9.47 Å². The first-order chi connectivity index (χ1) is 10.2. The van der Waals surface area contributed by atoms with Crippen LogP contribution in [0.3, 0.4) is 0 Å². The summed E-state index contributed by atoms with van der Waals surface area (Å²) in [7, 11) is 0. The van der Waals surface area contributed by atoms with Crippen molar-refractivity contribution in [2.75, 3.05) is 19.7 Å². The number of hydrogen-bond acceptors (Lipinski definition) is 5. The van der Waals surface area contributed by atoms with Crippen LogP contribution in [0.15, 0.2) is 30.3 Å². The minimum absolute atomic E-state index is 0.235. The molecule has 1 aromatic rings. The van der Waals surface area contributed by atoms with Crippen molar-refractivity contribution >= 4 is 11.9 Å². The zero-order valence-electron chi connectivity index (χ0n) is 12.2. The Labute approximate surface area is 124 Å². The zero-order chi connectivity index (χ0) is 15.1. The van der Waals surface area contributed by atoms with E-state index in [9.17, 15) is 9.59 Å². The predicted molar refractivity (Wildman–Crippen MR) is 77.3 cm³/mol. The number of hydrogen-bond donors (Lipinski definition) is 1. The van der Waals surface area contributed by atoms with Crippen LogP contribution in [0.25, 0.3) is 0 Å². The van der Waals surface area contributed by atoms with Gasteiger partial charge in [-0.15, -0.1) is 0 Å². The van der Waals surface area contributed by atoms with Crippen LogP contribution in [0.4, 0.5) is 0 Å². The van der Waals surface area contributed by atoms with E-state index in [2.05, 4.69) is 5.32 Å². The fourth-order valence-electron chi connectivity index (χ4n) is 2.47. The zero-order valence-corrected chi connectivity index (χ0v) is 12.2. The summed E-state index contributed by atoms with van der Waals surface area (Å²) in [5.74, 6) is -1.53. The van der Waals surface area contributed by atoms with Gasteiger partial charge in [-0.2, -0.15) is 0 Å². The quantitative estimate of drug-likeness (QED) is 0.833. The smallest absolute Gasteiger partial charge is 0.311 e. The Bertz CT molecular complexity index is 474. The van der Waals surface area contributed by atoms with E-state index >= 15 is 0 Å². The van der Waals surface area contributed by atoms with Gasteiger partial charge in [0.2, 0.25) is 0 Å². The number of carbonyl (C=O) groups is 2. The number of piperidine rings is 1. The highest BCUT2D eigenvalue weighted by Gasteiger charge is 2.37. The van der Waals surface area contributed by atoms with Crippen molar-refractivity contribution in [2.45, 2.75) is 20.0 Å². The van der Waals surface area contributed by atoms with Gasteiger partial charge in [-0.25, -0.2) is 0 Å². The van der Waals surface area contributed by atoms with Crippen LogP contribution in [-0.4, -0.2) is 31.6 Å². The number of benzene rings is 1.